The van der Waals surface area contributed by atoms with Crippen LogP contribution in [0.15, 0.2) is 82.0 Å². The largest absolute Gasteiger partial charge is 0.443 e. The summed E-state index contributed by atoms with van der Waals surface area (Å²) in [6.45, 7) is 4.33. The number of hydrogen-bond donors (Lipinski definition) is 0. The van der Waals surface area contributed by atoms with E-state index in [-0.39, 0.29) is 0 Å². The molecule has 3 heteroatoms. The van der Waals surface area contributed by atoms with E-state index in [1.54, 1.807) is 19.5 Å². The molecule has 150 valence electrons. The maximum atomic E-state index is 5.37. The van der Waals surface area contributed by atoms with Crippen LogP contribution in [-0.4, -0.2) is 17.7 Å². The van der Waals surface area contributed by atoms with Crippen LogP contribution < -0.4 is 0 Å². The molecule has 0 N–H and O–H groups in total. The Kier molecular flexibility index (Phi) is 7.57. The van der Waals surface area contributed by atoms with E-state index < -0.39 is 0 Å². The molecule has 0 aliphatic carbocycles. The number of aliphatic imine (C=N–C) groups is 1. The second-order valence-corrected chi connectivity index (χ2v) is 7.55. The number of benzene rings is 2. The van der Waals surface area contributed by atoms with Gasteiger partial charge in [0, 0.05) is 7.05 Å². The molecule has 1 aromatic heterocycles. The molecule has 0 fully saturated rings. The summed E-state index contributed by atoms with van der Waals surface area (Å²) in [5.74, 6) is 0.578. The zero-order chi connectivity index (χ0) is 20.5. The quantitative estimate of drug-likeness (QED) is 0.413. The molecule has 0 unspecified atom stereocenters. The molecule has 3 aromatic rings. The molecule has 2 aromatic carbocycles. The summed E-state index contributed by atoms with van der Waals surface area (Å²) in [5.41, 5.74) is 7.77. The van der Waals surface area contributed by atoms with Crippen LogP contribution in [0, 0.1) is 6.92 Å². The molecular weight excluding hydrogens is 356 g/mol. The van der Waals surface area contributed by atoms with Gasteiger partial charge in [-0.25, -0.2) is 4.98 Å². The molecule has 3 nitrogen and oxygen atoms in total. The topological polar surface area (TPSA) is 38.4 Å². The number of allylic oxidation sites excluding steroid dienone is 2. The highest BCUT2D eigenvalue weighted by molar-refractivity contribution is 6.05. The fraction of sp³-hybridized carbons (Fsp3) is 0.308. The van der Waals surface area contributed by atoms with Gasteiger partial charge < -0.3 is 4.42 Å². The van der Waals surface area contributed by atoms with Crippen molar-refractivity contribution in [3.8, 4) is 0 Å². The Bertz CT molecular complexity index is 954. The third-order valence-corrected chi connectivity index (χ3v) is 5.18. The fourth-order valence-corrected chi connectivity index (χ4v) is 3.59. The van der Waals surface area contributed by atoms with E-state index in [4.69, 9.17) is 4.42 Å². The van der Waals surface area contributed by atoms with Crippen molar-refractivity contribution < 1.29 is 4.42 Å². The first-order chi connectivity index (χ1) is 14.2. The SMILES string of the molecule is CN=C(/C=C(/C)CCCc1cc(C)ccc1CCc1ccccc1)c1ncco1. The van der Waals surface area contributed by atoms with E-state index >= 15 is 0 Å². The van der Waals surface area contributed by atoms with E-state index in [1.165, 1.54) is 27.8 Å². The lowest BCUT2D eigenvalue weighted by Gasteiger charge is -2.11. The zero-order valence-electron chi connectivity index (χ0n) is 17.7. The van der Waals surface area contributed by atoms with Gasteiger partial charge in [0.05, 0.1) is 6.20 Å². The number of aromatic nitrogens is 1. The second-order valence-electron chi connectivity index (χ2n) is 7.55. The van der Waals surface area contributed by atoms with E-state index in [0.717, 1.165) is 37.8 Å². The Labute approximate surface area is 174 Å². The van der Waals surface area contributed by atoms with E-state index in [2.05, 4.69) is 78.4 Å². The van der Waals surface area contributed by atoms with Crippen molar-refractivity contribution >= 4 is 5.71 Å². The first-order valence-electron chi connectivity index (χ1n) is 10.3. The molecule has 0 atom stereocenters. The molecule has 0 bridgehead atoms. The van der Waals surface area contributed by atoms with Gasteiger partial charge in [-0.15, -0.1) is 0 Å². The van der Waals surface area contributed by atoms with Crippen LogP contribution in [-0.2, 0) is 19.3 Å². The van der Waals surface area contributed by atoms with E-state index in [1.807, 2.05) is 0 Å². The van der Waals surface area contributed by atoms with Crippen molar-refractivity contribution in [1.82, 2.24) is 4.98 Å². The lowest BCUT2D eigenvalue weighted by molar-refractivity contribution is 0.547. The molecule has 0 radical (unpaired) electrons. The van der Waals surface area contributed by atoms with Gasteiger partial charge in [-0.05, 0) is 68.7 Å². The minimum atomic E-state index is 0.578. The summed E-state index contributed by atoms with van der Waals surface area (Å²) < 4.78 is 5.37. The number of oxazole rings is 1. The first-order valence-corrected chi connectivity index (χ1v) is 10.3. The Morgan fingerprint density at radius 1 is 1.03 bits per heavy atom. The highest BCUT2D eigenvalue weighted by Gasteiger charge is 2.07. The standard InChI is InChI=1S/C26H30N2O/c1-20(19-25(27-3)26-28-16-17-29-26)8-7-11-24-18-21(2)12-14-23(24)15-13-22-9-5-4-6-10-22/h4-6,9-10,12,14,16-19H,7-8,11,13,15H2,1-3H3/b20-19-,27-25?. The van der Waals surface area contributed by atoms with Crippen molar-refractivity contribution in [2.75, 3.05) is 7.05 Å². The molecular formula is C26H30N2O. The Morgan fingerprint density at radius 3 is 2.59 bits per heavy atom. The molecule has 1 heterocycles. The van der Waals surface area contributed by atoms with Crippen LogP contribution in [0.25, 0.3) is 0 Å². The van der Waals surface area contributed by atoms with Crippen LogP contribution in [0.5, 0.6) is 0 Å². The predicted molar refractivity (Wildman–Crippen MR) is 121 cm³/mol. The van der Waals surface area contributed by atoms with Crippen molar-refractivity contribution in [2.45, 2.75) is 46.0 Å². The van der Waals surface area contributed by atoms with Crippen LogP contribution in [0.3, 0.4) is 0 Å². The molecule has 0 spiro atoms. The normalized spacial score (nSPS) is 12.4. The number of nitrogens with zero attached hydrogens (tertiary/aromatic N) is 2. The van der Waals surface area contributed by atoms with Crippen LogP contribution in [0.4, 0.5) is 0 Å². The zero-order valence-corrected chi connectivity index (χ0v) is 17.7. The van der Waals surface area contributed by atoms with Crippen LogP contribution >= 0.6 is 0 Å². The Hall–Kier alpha value is -2.94. The third-order valence-electron chi connectivity index (χ3n) is 5.18. The van der Waals surface area contributed by atoms with Gasteiger partial charge >= 0.3 is 0 Å². The maximum absolute atomic E-state index is 5.37. The monoisotopic (exact) mass is 386 g/mol. The summed E-state index contributed by atoms with van der Waals surface area (Å²) in [6.07, 6.45) is 10.7. The Balaban J connectivity index is 1.59. The minimum absolute atomic E-state index is 0.578. The third kappa shape index (κ3) is 6.28. The van der Waals surface area contributed by atoms with Gasteiger partial charge in [-0.3, -0.25) is 4.99 Å². The molecule has 0 aliphatic heterocycles. The fourth-order valence-electron chi connectivity index (χ4n) is 3.59. The lowest BCUT2D eigenvalue weighted by Crippen LogP contribution is -2.00. The van der Waals surface area contributed by atoms with Gasteiger partial charge in [0.15, 0.2) is 0 Å². The van der Waals surface area contributed by atoms with Gasteiger partial charge in [0.1, 0.15) is 12.0 Å². The maximum Gasteiger partial charge on any atom is 0.244 e. The number of aryl methyl sites for hydroxylation is 4. The molecule has 0 saturated heterocycles. The highest BCUT2D eigenvalue weighted by Crippen LogP contribution is 2.19. The summed E-state index contributed by atoms with van der Waals surface area (Å²) >= 11 is 0. The smallest absolute Gasteiger partial charge is 0.244 e. The van der Waals surface area contributed by atoms with Gasteiger partial charge in [0.2, 0.25) is 5.89 Å². The molecule has 3 rings (SSSR count). The summed E-state index contributed by atoms with van der Waals surface area (Å²) in [7, 11) is 1.77. The summed E-state index contributed by atoms with van der Waals surface area (Å²) in [6, 6.07) is 17.6. The van der Waals surface area contributed by atoms with Crippen molar-refractivity contribution in [2.24, 2.45) is 4.99 Å². The van der Waals surface area contributed by atoms with Crippen molar-refractivity contribution in [1.29, 1.82) is 0 Å². The molecule has 0 amide bonds. The summed E-state index contributed by atoms with van der Waals surface area (Å²) in [4.78, 5) is 8.49. The first kappa shape index (κ1) is 20.8. The van der Waals surface area contributed by atoms with Crippen LogP contribution in [0.2, 0.25) is 0 Å². The highest BCUT2D eigenvalue weighted by atomic mass is 16.3. The predicted octanol–water partition coefficient (Wildman–Crippen LogP) is 6.16. The minimum Gasteiger partial charge on any atom is -0.443 e. The average Bonchev–Trinajstić information content (AvgIpc) is 3.27. The van der Waals surface area contributed by atoms with E-state index in [9.17, 15) is 0 Å². The Morgan fingerprint density at radius 2 is 1.86 bits per heavy atom. The molecule has 0 aliphatic rings. The summed E-state index contributed by atoms with van der Waals surface area (Å²) in [5, 5.41) is 0. The second kappa shape index (κ2) is 10.6. The number of hydrogen-bond acceptors (Lipinski definition) is 3. The van der Waals surface area contributed by atoms with Gasteiger partial charge in [0.25, 0.3) is 0 Å². The van der Waals surface area contributed by atoms with Crippen molar-refractivity contribution in [3.05, 3.63) is 101 Å². The lowest BCUT2D eigenvalue weighted by atomic mass is 9.94. The van der Waals surface area contributed by atoms with Crippen LogP contribution in [0.1, 0.15) is 47.9 Å². The van der Waals surface area contributed by atoms with Crippen molar-refractivity contribution in [3.63, 3.8) is 0 Å². The molecule has 0 saturated carbocycles. The average molecular weight is 387 g/mol. The molecule has 29 heavy (non-hydrogen) atoms. The number of rotatable bonds is 9. The van der Waals surface area contributed by atoms with E-state index in [0.29, 0.717) is 5.89 Å². The van der Waals surface area contributed by atoms with Gasteiger partial charge in [-0.1, -0.05) is 59.7 Å². The van der Waals surface area contributed by atoms with Gasteiger partial charge in [-0.2, -0.15) is 0 Å².